The van der Waals surface area contributed by atoms with E-state index in [1.165, 1.54) is 0 Å². The van der Waals surface area contributed by atoms with E-state index < -0.39 is 6.10 Å². The van der Waals surface area contributed by atoms with Crippen molar-refractivity contribution in [1.29, 1.82) is 0 Å². The molecule has 2 N–H and O–H groups in total. The summed E-state index contributed by atoms with van der Waals surface area (Å²) >= 11 is 0. The Morgan fingerprint density at radius 1 is 1.07 bits per heavy atom. The van der Waals surface area contributed by atoms with Crippen molar-refractivity contribution >= 4 is 0 Å². The molecule has 0 bridgehead atoms. The van der Waals surface area contributed by atoms with E-state index in [-0.39, 0.29) is 6.10 Å². The zero-order valence-corrected chi connectivity index (χ0v) is 9.11. The molecule has 0 aliphatic carbocycles. The maximum Gasteiger partial charge on any atom is 0.0774 e. The first-order chi connectivity index (χ1) is 6.70. The maximum atomic E-state index is 9.42. The average Bonchev–Trinajstić information content (AvgIpc) is 2.21. The van der Waals surface area contributed by atoms with Gasteiger partial charge in [0.05, 0.1) is 32.0 Å². The van der Waals surface area contributed by atoms with Gasteiger partial charge in [-0.25, -0.2) is 0 Å². The number of ether oxygens (including phenoxy) is 2. The van der Waals surface area contributed by atoms with Gasteiger partial charge in [-0.15, -0.1) is 0 Å². The predicted octanol–water partition coefficient (Wildman–Crippen LogP) is 0.561. The van der Waals surface area contributed by atoms with E-state index in [0.29, 0.717) is 32.7 Å². The van der Waals surface area contributed by atoms with Crippen LogP contribution in [0.15, 0.2) is 0 Å². The van der Waals surface area contributed by atoms with Crippen molar-refractivity contribution in [3.8, 4) is 0 Å². The Morgan fingerprint density at radius 2 is 1.71 bits per heavy atom. The van der Waals surface area contributed by atoms with Crippen LogP contribution in [0.3, 0.4) is 0 Å². The molecule has 0 heterocycles. The first-order valence-corrected chi connectivity index (χ1v) is 5.13. The molecule has 0 fully saturated rings. The summed E-state index contributed by atoms with van der Waals surface area (Å²) in [5, 5.41) is 18.7. The summed E-state index contributed by atoms with van der Waals surface area (Å²) in [4.78, 5) is 0. The standard InChI is InChI=1S/C10H22O4/c1-3-9(11)4-5-10(12)8-14-7-6-13-2/h9-12H,3-8H2,1-2H3. The molecule has 0 aliphatic heterocycles. The van der Waals surface area contributed by atoms with Crippen LogP contribution in [0.2, 0.25) is 0 Å². The molecule has 0 saturated heterocycles. The van der Waals surface area contributed by atoms with Crippen molar-refractivity contribution in [1.82, 2.24) is 0 Å². The molecule has 0 aromatic carbocycles. The fourth-order valence-electron chi connectivity index (χ4n) is 1.03. The smallest absolute Gasteiger partial charge is 0.0774 e. The molecule has 0 aromatic heterocycles. The van der Waals surface area contributed by atoms with E-state index in [4.69, 9.17) is 9.47 Å². The Morgan fingerprint density at radius 3 is 2.29 bits per heavy atom. The van der Waals surface area contributed by atoms with E-state index >= 15 is 0 Å². The molecule has 0 radical (unpaired) electrons. The lowest BCUT2D eigenvalue weighted by Gasteiger charge is -2.13. The first-order valence-electron chi connectivity index (χ1n) is 5.13. The van der Waals surface area contributed by atoms with Crippen LogP contribution < -0.4 is 0 Å². The first kappa shape index (κ1) is 13.8. The molecular weight excluding hydrogens is 184 g/mol. The zero-order chi connectivity index (χ0) is 10.8. The largest absolute Gasteiger partial charge is 0.393 e. The van der Waals surface area contributed by atoms with E-state index in [0.717, 1.165) is 6.42 Å². The molecule has 14 heavy (non-hydrogen) atoms. The van der Waals surface area contributed by atoms with Gasteiger partial charge in [0.25, 0.3) is 0 Å². The summed E-state index contributed by atoms with van der Waals surface area (Å²) in [5.41, 5.74) is 0. The van der Waals surface area contributed by atoms with E-state index in [9.17, 15) is 10.2 Å². The molecule has 0 spiro atoms. The van der Waals surface area contributed by atoms with Crippen molar-refractivity contribution in [3.63, 3.8) is 0 Å². The van der Waals surface area contributed by atoms with Crippen LogP contribution in [-0.2, 0) is 9.47 Å². The Balaban J connectivity index is 3.23. The fourth-order valence-corrected chi connectivity index (χ4v) is 1.03. The van der Waals surface area contributed by atoms with Crippen LogP contribution in [0.5, 0.6) is 0 Å². The molecule has 2 atom stereocenters. The molecule has 0 aromatic rings. The van der Waals surface area contributed by atoms with Crippen LogP contribution >= 0.6 is 0 Å². The number of rotatable bonds is 9. The van der Waals surface area contributed by atoms with Crippen molar-refractivity contribution < 1.29 is 19.7 Å². The van der Waals surface area contributed by atoms with Gasteiger partial charge in [0, 0.05) is 7.11 Å². The van der Waals surface area contributed by atoms with Gasteiger partial charge in [0.15, 0.2) is 0 Å². The Kier molecular flexibility index (Phi) is 9.29. The summed E-state index contributed by atoms with van der Waals surface area (Å²) in [6.07, 6.45) is 1.17. The topological polar surface area (TPSA) is 58.9 Å². The van der Waals surface area contributed by atoms with E-state index in [1.807, 2.05) is 6.92 Å². The zero-order valence-electron chi connectivity index (χ0n) is 9.11. The minimum Gasteiger partial charge on any atom is -0.393 e. The van der Waals surface area contributed by atoms with Crippen LogP contribution in [0.1, 0.15) is 26.2 Å². The van der Waals surface area contributed by atoms with Crippen molar-refractivity contribution in [3.05, 3.63) is 0 Å². The van der Waals surface area contributed by atoms with Gasteiger partial charge in [-0.05, 0) is 19.3 Å². The quantitative estimate of drug-likeness (QED) is 0.541. The number of aliphatic hydroxyl groups excluding tert-OH is 2. The minimum absolute atomic E-state index is 0.302. The Labute approximate surface area is 85.8 Å². The molecule has 0 rings (SSSR count). The number of aliphatic hydroxyl groups is 2. The van der Waals surface area contributed by atoms with Crippen molar-refractivity contribution in [2.24, 2.45) is 0 Å². The Bertz CT molecular complexity index is 119. The van der Waals surface area contributed by atoms with Gasteiger partial charge in [0.2, 0.25) is 0 Å². The third-order valence-corrected chi connectivity index (χ3v) is 2.05. The lowest BCUT2D eigenvalue weighted by Crippen LogP contribution is -2.19. The second kappa shape index (κ2) is 9.40. The summed E-state index contributed by atoms with van der Waals surface area (Å²) in [5.74, 6) is 0. The van der Waals surface area contributed by atoms with Crippen LogP contribution in [-0.4, -0.2) is 49.4 Å². The maximum absolute atomic E-state index is 9.42. The molecule has 4 nitrogen and oxygen atoms in total. The SMILES string of the molecule is CCC(O)CCC(O)COCCOC. The van der Waals surface area contributed by atoms with Gasteiger partial charge < -0.3 is 19.7 Å². The highest BCUT2D eigenvalue weighted by atomic mass is 16.5. The van der Waals surface area contributed by atoms with Crippen molar-refractivity contribution in [2.75, 3.05) is 26.9 Å². The fraction of sp³-hybridized carbons (Fsp3) is 1.00. The molecule has 0 aliphatic rings. The normalized spacial score (nSPS) is 15.4. The summed E-state index contributed by atoms with van der Waals surface area (Å²) in [6, 6.07) is 0. The van der Waals surface area contributed by atoms with E-state index in [2.05, 4.69) is 0 Å². The number of methoxy groups -OCH3 is 1. The summed E-state index contributed by atoms with van der Waals surface area (Å²) < 4.78 is 9.94. The molecule has 2 unspecified atom stereocenters. The lowest BCUT2D eigenvalue weighted by atomic mass is 10.1. The van der Waals surface area contributed by atoms with Crippen LogP contribution in [0.25, 0.3) is 0 Å². The number of hydrogen-bond donors (Lipinski definition) is 2. The third-order valence-electron chi connectivity index (χ3n) is 2.05. The molecule has 4 heteroatoms. The third kappa shape index (κ3) is 8.44. The van der Waals surface area contributed by atoms with Gasteiger partial charge in [-0.2, -0.15) is 0 Å². The van der Waals surface area contributed by atoms with Crippen molar-refractivity contribution in [2.45, 2.75) is 38.4 Å². The minimum atomic E-state index is -0.479. The highest BCUT2D eigenvalue weighted by Crippen LogP contribution is 2.04. The summed E-state index contributed by atoms with van der Waals surface area (Å²) in [7, 11) is 1.61. The van der Waals surface area contributed by atoms with Gasteiger partial charge >= 0.3 is 0 Å². The van der Waals surface area contributed by atoms with Gasteiger partial charge in [0.1, 0.15) is 0 Å². The molecule has 86 valence electrons. The van der Waals surface area contributed by atoms with Gasteiger partial charge in [-0.1, -0.05) is 6.92 Å². The number of hydrogen-bond acceptors (Lipinski definition) is 4. The second-order valence-electron chi connectivity index (χ2n) is 3.36. The summed E-state index contributed by atoms with van der Waals surface area (Å²) in [6.45, 7) is 3.29. The van der Waals surface area contributed by atoms with Gasteiger partial charge in [-0.3, -0.25) is 0 Å². The predicted molar refractivity (Wildman–Crippen MR) is 54.2 cm³/mol. The molecular formula is C10H22O4. The molecule has 0 saturated carbocycles. The second-order valence-corrected chi connectivity index (χ2v) is 3.36. The van der Waals surface area contributed by atoms with Crippen LogP contribution in [0.4, 0.5) is 0 Å². The van der Waals surface area contributed by atoms with E-state index in [1.54, 1.807) is 7.11 Å². The Hall–Kier alpha value is -0.160. The highest BCUT2D eigenvalue weighted by molar-refractivity contribution is 4.59. The van der Waals surface area contributed by atoms with Crippen LogP contribution in [0, 0.1) is 0 Å². The lowest BCUT2D eigenvalue weighted by molar-refractivity contribution is 0.00469. The monoisotopic (exact) mass is 206 g/mol. The highest BCUT2D eigenvalue weighted by Gasteiger charge is 2.07. The molecule has 0 amide bonds. The average molecular weight is 206 g/mol.